The van der Waals surface area contributed by atoms with Crippen molar-refractivity contribution in [1.29, 1.82) is 0 Å². The number of rotatable bonds is 2. The molecule has 0 aromatic heterocycles. The number of benzene rings is 1. The van der Waals surface area contributed by atoms with E-state index in [-0.39, 0.29) is 0 Å². The summed E-state index contributed by atoms with van der Waals surface area (Å²) in [5, 5.41) is 17.0. The average molecular weight is 201 g/mol. The lowest BCUT2D eigenvalue weighted by atomic mass is 10.3. The largest absolute Gasteiger partial charge is 0.289 e. The van der Waals surface area contributed by atoms with Crippen molar-refractivity contribution in [1.82, 2.24) is 5.14 Å². The molecule has 0 aliphatic rings. The summed E-state index contributed by atoms with van der Waals surface area (Å²) in [7, 11) is -4.27. The van der Waals surface area contributed by atoms with E-state index >= 15 is 0 Å². The van der Waals surface area contributed by atoms with E-state index in [2.05, 4.69) is 0 Å². The van der Waals surface area contributed by atoms with Crippen molar-refractivity contribution in [3.8, 4) is 0 Å². The first-order valence-corrected chi connectivity index (χ1v) is 4.64. The molecular formula is C6H5N2O4S. The van der Waals surface area contributed by atoms with Crippen LogP contribution >= 0.6 is 0 Å². The summed E-state index contributed by atoms with van der Waals surface area (Å²) in [6.07, 6.45) is 0. The molecule has 0 saturated heterocycles. The number of hydrogen-bond donors (Lipinski definition) is 0. The second-order valence-electron chi connectivity index (χ2n) is 2.23. The molecule has 1 aromatic rings. The van der Waals surface area contributed by atoms with Crippen molar-refractivity contribution in [3.05, 3.63) is 34.4 Å². The van der Waals surface area contributed by atoms with E-state index in [9.17, 15) is 18.5 Å². The highest BCUT2D eigenvalue weighted by Gasteiger charge is 2.21. The van der Waals surface area contributed by atoms with Crippen LogP contribution in [0.25, 0.3) is 0 Å². The topological polar surface area (TPSA) is 101 Å². The molecule has 1 radical (unpaired) electrons. The van der Waals surface area contributed by atoms with E-state index < -0.39 is 25.5 Å². The monoisotopic (exact) mass is 201 g/mol. The molecule has 0 atom stereocenters. The van der Waals surface area contributed by atoms with Gasteiger partial charge in [0.05, 0.1) is 4.92 Å². The quantitative estimate of drug-likeness (QED) is 0.515. The van der Waals surface area contributed by atoms with Crippen LogP contribution in [0, 0.1) is 10.1 Å². The maximum absolute atomic E-state index is 10.7. The van der Waals surface area contributed by atoms with Gasteiger partial charge >= 0.3 is 0 Å². The van der Waals surface area contributed by atoms with Crippen molar-refractivity contribution < 1.29 is 13.3 Å². The molecular weight excluding hydrogens is 196 g/mol. The Balaban J connectivity index is 3.46. The van der Waals surface area contributed by atoms with Crippen LogP contribution in [0.2, 0.25) is 0 Å². The van der Waals surface area contributed by atoms with Gasteiger partial charge in [-0.1, -0.05) is 12.1 Å². The molecule has 7 heteroatoms. The van der Waals surface area contributed by atoms with Crippen LogP contribution in [0.5, 0.6) is 0 Å². The summed E-state index contributed by atoms with van der Waals surface area (Å²) < 4.78 is 21.4. The fourth-order valence-electron chi connectivity index (χ4n) is 0.835. The zero-order chi connectivity index (χ0) is 10.1. The van der Waals surface area contributed by atoms with Gasteiger partial charge in [-0.3, -0.25) is 10.1 Å². The fraction of sp³-hybridized carbons (Fsp3) is 0. The molecule has 0 fully saturated rings. The Morgan fingerprint density at radius 2 is 1.85 bits per heavy atom. The van der Waals surface area contributed by atoms with E-state index in [1.54, 1.807) is 0 Å². The van der Waals surface area contributed by atoms with Gasteiger partial charge in [0.15, 0.2) is 4.90 Å². The van der Waals surface area contributed by atoms with Gasteiger partial charge < -0.3 is 0 Å². The van der Waals surface area contributed by atoms with Crippen molar-refractivity contribution in [3.63, 3.8) is 0 Å². The molecule has 1 N–H and O–H groups in total. The van der Waals surface area contributed by atoms with E-state index in [0.29, 0.717) is 0 Å². The first kappa shape index (κ1) is 9.62. The highest BCUT2D eigenvalue weighted by Crippen LogP contribution is 2.21. The number of nitro benzene ring substituents is 1. The minimum Gasteiger partial charge on any atom is -0.258 e. The van der Waals surface area contributed by atoms with Crippen LogP contribution in [0.15, 0.2) is 29.2 Å². The molecule has 0 bridgehead atoms. The Labute approximate surface area is 74.2 Å². The van der Waals surface area contributed by atoms with E-state index in [1.807, 2.05) is 0 Å². The third-order valence-electron chi connectivity index (χ3n) is 1.35. The maximum atomic E-state index is 10.7. The molecule has 0 aliphatic carbocycles. The van der Waals surface area contributed by atoms with Gasteiger partial charge in [0, 0.05) is 6.07 Å². The van der Waals surface area contributed by atoms with Crippen LogP contribution in [-0.4, -0.2) is 13.3 Å². The number of nitrogens with one attached hydrogen (secondary N) is 1. The molecule has 0 spiro atoms. The molecule has 1 rings (SSSR count). The minimum absolute atomic E-state index is 0.572. The van der Waals surface area contributed by atoms with Gasteiger partial charge in [-0.25, -0.2) is 8.42 Å². The molecule has 6 nitrogen and oxygen atoms in total. The predicted octanol–water partition coefficient (Wildman–Crippen LogP) is 0.566. The summed E-state index contributed by atoms with van der Waals surface area (Å²) in [5.41, 5.74) is -0.572. The standard InChI is InChI=1S/C6H5N2O4S/c7-13(11,12)6-4-2-1-3-5(6)8(9)10/h1-4,7H. The van der Waals surface area contributed by atoms with Gasteiger partial charge in [0.1, 0.15) is 0 Å². The van der Waals surface area contributed by atoms with Crippen LogP contribution in [0.4, 0.5) is 5.69 Å². The summed E-state index contributed by atoms with van der Waals surface area (Å²) in [6, 6.07) is 4.74. The van der Waals surface area contributed by atoms with Crippen molar-refractivity contribution in [2.24, 2.45) is 0 Å². The van der Waals surface area contributed by atoms with Crippen LogP contribution in [0.1, 0.15) is 0 Å². The number of hydrogen-bond acceptors (Lipinski definition) is 4. The molecule has 69 valence electrons. The minimum atomic E-state index is -4.27. The maximum Gasteiger partial charge on any atom is 0.289 e. The Morgan fingerprint density at radius 1 is 1.31 bits per heavy atom. The van der Waals surface area contributed by atoms with Gasteiger partial charge in [-0.15, -0.1) is 5.14 Å². The average Bonchev–Trinajstić information content (AvgIpc) is 2.03. The van der Waals surface area contributed by atoms with Gasteiger partial charge in [0.25, 0.3) is 15.7 Å². The molecule has 13 heavy (non-hydrogen) atoms. The van der Waals surface area contributed by atoms with Crippen LogP contribution in [-0.2, 0) is 10.0 Å². The normalized spacial score (nSPS) is 11.2. The lowest BCUT2D eigenvalue weighted by molar-refractivity contribution is -0.387. The molecule has 0 saturated carbocycles. The van der Waals surface area contributed by atoms with Gasteiger partial charge in [0.2, 0.25) is 0 Å². The highest BCUT2D eigenvalue weighted by molar-refractivity contribution is 7.89. The fourth-order valence-corrected chi connectivity index (χ4v) is 1.51. The third kappa shape index (κ3) is 2.01. The van der Waals surface area contributed by atoms with Crippen LogP contribution in [0.3, 0.4) is 0 Å². The summed E-state index contributed by atoms with van der Waals surface area (Å²) in [5.74, 6) is 0. The first-order valence-electron chi connectivity index (χ1n) is 3.16. The molecule has 0 unspecified atom stereocenters. The number of nitro groups is 1. The van der Waals surface area contributed by atoms with E-state index in [0.717, 1.165) is 12.1 Å². The molecule has 1 aromatic carbocycles. The Hall–Kier alpha value is -1.47. The summed E-state index contributed by atoms with van der Waals surface area (Å²) in [6.45, 7) is 0. The van der Waals surface area contributed by atoms with Gasteiger partial charge in [-0.05, 0) is 6.07 Å². The first-order chi connectivity index (χ1) is 5.93. The lowest BCUT2D eigenvalue weighted by Gasteiger charge is -1.97. The molecule has 0 amide bonds. The zero-order valence-electron chi connectivity index (χ0n) is 6.30. The second kappa shape index (κ2) is 3.11. The van der Waals surface area contributed by atoms with E-state index in [1.165, 1.54) is 12.1 Å². The smallest absolute Gasteiger partial charge is 0.258 e. The van der Waals surface area contributed by atoms with Crippen LogP contribution < -0.4 is 5.14 Å². The number of sulfonamides is 1. The number of nitrogens with zero attached hydrogens (tertiary/aromatic N) is 1. The highest BCUT2D eigenvalue weighted by atomic mass is 32.2. The molecule has 0 aliphatic heterocycles. The summed E-state index contributed by atoms with van der Waals surface area (Å²) >= 11 is 0. The van der Waals surface area contributed by atoms with Gasteiger partial charge in [-0.2, -0.15) is 0 Å². The SMILES string of the molecule is [NH]S(=O)(=O)c1ccccc1[N+](=O)[O-]. The predicted molar refractivity (Wildman–Crippen MR) is 43.4 cm³/mol. The molecule has 0 heterocycles. The Kier molecular flexibility index (Phi) is 2.30. The van der Waals surface area contributed by atoms with Crippen molar-refractivity contribution in [2.75, 3.05) is 0 Å². The summed E-state index contributed by atoms with van der Waals surface area (Å²) in [4.78, 5) is 8.91. The Bertz CT molecular complexity index is 440. The van der Waals surface area contributed by atoms with Crippen molar-refractivity contribution in [2.45, 2.75) is 4.90 Å². The van der Waals surface area contributed by atoms with Crippen molar-refractivity contribution >= 4 is 15.7 Å². The lowest BCUT2D eigenvalue weighted by Crippen LogP contribution is -2.04. The van der Waals surface area contributed by atoms with E-state index in [4.69, 9.17) is 5.14 Å². The number of para-hydroxylation sites is 1. The zero-order valence-corrected chi connectivity index (χ0v) is 7.11. The Morgan fingerprint density at radius 3 is 2.23 bits per heavy atom. The third-order valence-corrected chi connectivity index (χ3v) is 2.28. The second-order valence-corrected chi connectivity index (χ2v) is 3.67.